The number of benzene rings is 2. The van der Waals surface area contributed by atoms with E-state index in [4.69, 9.17) is 21.5 Å². The molecule has 27 heavy (non-hydrogen) atoms. The highest BCUT2D eigenvalue weighted by Gasteiger charge is 2.24. The summed E-state index contributed by atoms with van der Waals surface area (Å²) in [5, 5.41) is 4.95. The normalized spacial score (nSPS) is 12.3. The van der Waals surface area contributed by atoms with Gasteiger partial charge in [0.1, 0.15) is 4.90 Å². The molecule has 0 aliphatic rings. The van der Waals surface area contributed by atoms with E-state index in [9.17, 15) is 18.0 Å². The zero-order valence-corrected chi connectivity index (χ0v) is 16.3. The number of hydrogen-bond donors (Lipinski definition) is 1. The van der Waals surface area contributed by atoms with Crippen molar-refractivity contribution in [1.82, 2.24) is 4.90 Å². The minimum absolute atomic E-state index is 0.0752. The van der Waals surface area contributed by atoms with Crippen LogP contribution in [0.1, 0.15) is 22.8 Å². The minimum Gasteiger partial charge on any atom is -0.449 e. The van der Waals surface area contributed by atoms with Crippen LogP contribution in [0.4, 0.5) is 0 Å². The first kappa shape index (κ1) is 20.9. The summed E-state index contributed by atoms with van der Waals surface area (Å²) >= 11 is 5.79. The number of esters is 1. The number of ether oxygens (including phenoxy) is 1. The molecule has 2 aromatic carbocycles. The summed E-state index contributed by atoms with van der Waals surface area (Å²) in [6.45, 7) is 1.80. The number of amides is 1. The molecule has 2 rings (SSSR count). The van der Waals surface area contributed by atoms with E-state index in [1.54, 1.807) is 7.05 Å². The summed E-state index contributed by atoms with van der Waals surface area (Å²) in [7, 11) is -2.50. The number of carbonyl (C=O) groups is 2. The number of rotatable bonds is 6. The lowest BCUT2D eigenvalue weighted by atomic mass is 10.2. The summed E-state index contributed by atoms with van der Waals surface area (Å²) in [6.07, 6.45) is -1.06. The maximum atomic E-state index is 12.4. The Morgan fingerprint density at radius 3 is 2.41 bits per heavy atom. The van der Waals surface area contributed by atoms with Crippen molar-refractivity contribution in [3.8, 4) is 0 Å². The maximum absolute atomic E-state index is 12.4. The standard InChI is InChI=1S/C18H19ClN2O5S/c1-12(17(22)21(2)11-13-6-4-3-5-7-13)26-18(23)14-8-9-15(19)16(10-14)27(20,24)25/h3-10,12H,11H2,1-2H3,(H2,20,24,25). The van der Waals surface area contributed by atoms with Crippen LogP contribution < -0.4 is 5.14 Å². The molecule has 0 bridgehead atoms. The van der Waals surface area contributed by atoms with E-state index in [0.29, 0.717) is 6.54 Å². The number of nitrogens with zero attached hydrogens (tertiary/aromatic N) is 1. The lowest BCUT2D eigenvalue weighted by molar-refractivity contribution is -0.139. The second-order valence-corrected chi connectivity index (χ2v) is 7.85. The molecule has 2 N–H and O–H groups in total. The van der Waals surface area contributed by atoms with Gasteiger partial charge >= 0.3 is 5.97 Å². The van der Waals surface area contributed by atoms with Gasteiger partial charge in [-0.2, -0.15) is 0 Å². The van der Waals surface area contributed by atoms with Gasteiger partial charge in [-0.05, 0) is 30.7 Å². The summed E-state index contributed by atoms with van der Waals surface area (Å²) in [6, 6.07) is 12.9. The molecule has 0 aliphatic carbocycles. The minimum atomic E-state index is -4.10. The van der Waals surface area contributed by atoms with Gasteiger partial charge in [-0.3, -0.25) is 4.79 Å². The van der Waals surface area contributed by atoms with Crippen LogP contribution in [0, 0.1) is 0 Å². The van der Waals surface area contributed by atoms with Gasteiger partial charge in [0, 0.05) is 13.6 Å². The zero-order valence-electron chi connectivity index (χ0n) is 14.8. The molecule has 144 valence electrons. The molecule has 1 atom stereocenters. The number of sulfonamides is 1. The summed E-state index contributed by atoms with van der Waals surface area (Å²) in [5.74, 6) is -1.25. The number of primary sulfonamides is 1. The number of hydrogen-bond acceptors (Lipinski definition) is 5. The molecule has 9 heteroatoms. The monoisotopic (exact) mass is 410 g/mol. The quantitative estimate of drug-likeness (QED) is 0.734. The van der Waals surface area contributed by atoms with Gasteiger partial charge in [-0.25, -0.2) is 18.4 Å². The fourth-order valence-electron chi connectivity index (χ4n) is 2.37. The smallest absolute Gasteiger partial charge is 0.338 e. The average Bonchev–Trinajstić information content (AvgIpc) is 2.61. The predicted octanol–water partition coefficient (Wildman–Crippen LogP) is 2.19. The largest absolute Gasteiger partial charge is 0.449 e. The molecule has 0 aliphatic heterocycles. The Balaban J connectivity index is 2.07. The third kappa shape index (κ3) is 5.53. The molecule has 2 aromatic rings. The lowest BCUT2D eigenvalue weighted by Crippen LogP contribution is -2.37. The van der Waals surface area contributed by atoms with Crippen molar-refractivity contribution in [1.29, 1.82) is 0 Å². The van der Waals surface area contributed by atoms with Crippen LogP contribution >= 0.6 is 11.6 Å². The molecule has 0 saturated heterocycles. The van der Waals surface area contributed by atoms with Crippen molar-refractivity contribution in [3.63, 3.8) is 0 Å². The molecule has 0 radical (unpaired) electrons. The van der Waals surface area contributed by atoms with Crippen molar-refractivity contribution in [2.75, 3.05) is 7.05 Å². The fraction of sp³-hybridized carbons (Fsp3) is 0.222. The van der Waals surface area contributed by atoms with Crippen LogP contribution in [0.2, 0.25) is 5.02 Å². The second-order valence-electron chi connectivity index (χ2n) is 5.92. The third-order valence-corrected chi connectivity index (χ3v) is 5.14. The van der Waals surface area contributed by atoms with Crippen LogP contribution in [-0.2, 0) is 26.1 Å². The molecule has 7 nitrogen and oxygen atoms in total. The molecule has 0 fully saturated rings. The van der Waals surface area contributed by atoms with Crippen molar-refractivity contribution in [3.05, 3.63) is 64.7 Å². The Bertz CT molecular complexity index is 947. The highest BCUT2D eigenvalue weighted by Crippen LogP contribution is 2.22. The summed E-state index contributed by atoms with van der Waals surface area (Å²) in [5.41, 5.74) is 0.858. The summed E-state index contributed by atoms with van der Waals surface area (Å²) in [4.78, 5) is 25.7. The molecule has 0 spiro atoms. The van der Waals surface area contributed by atoms with E-state index in [1.165, 1.54) is 24.0 Å². The van der Waals surface area contributed by atoms with E-state index < -0.39 is 32.9 Å². The lowest BCUT2D eigenvalue weighted by Gasteiger charge is -2.21. The predicted molar refractivity (Wildman–Crippen MR) is 101 cm³/mol. The highest BCUT2D eigenvalue weighted by molar-refractivity contribution is 7.89. The highest BCUT2D eigenvalue weighted by atomic mass is 35.5. The first-order chi connectivity index (χ1) is 12.6. The van der Waals surface area contributed by atoms with Crippen molar-refractivity contribution in [2.24, 2.45) is 5.14 Å². The Hall–Kier alpha value is -2.42. The van der Waals surface area contributed by atoms with Crippen molar-refractivity contribution >= 4 is 33.5 Å². The second kappa shape index (κ2) is 8.51. The summed E-state index contributed by atoms with van der Waals surface area (Å²) < 4.78 is 28.2. The average molecular weight is 411 g/mol. The topological polar surface area (TPSA) is 107 Å². The molecular weight excluding hydrogens is 392 g/mol. The maximum Gasteiger partial charge on any atom is 0.338 e. The fourth-order valence-corrected chi connectivity index (χ4v) is 3.44. The van der Waals surface area contributed by atoms with E-state index >= 15 is 0 Å². The van der Waals surface area contributed by atoms with Gasteiger partial charge in [-0.15, -0.1) is 0 Å². The molecule has 1 amide bonds. The van der Waals surface area contributed by atoms with Gasteiger partial charge in [-0.1, -0.05) is 41.9 Å². The SMILES string of the molecule is CC(OC(=O)c1ccc(Cl)c(S(N)(=O)=O)c1)C(=O)N(C)Cc1ccccc1. The molecule has 0 saturated carbocycles. The molecule has 0 heterocycles. The van der Waals surface area contributed by atoms with Gasteiger partial charge in [0.05, 0.1) is 10.6 Å². The van der Waals surface area contributed by atoms with Gasteiger partial charge in [0.25, 0.3) is 5.91 Å². The number of likely N-dealkylation sites (N-methyl/N-ethyl adjacent to an activating group) is 1. The molecular formula is C18H19ClN2O5S. The van der Waals surface area contributed by atoms with Crippen LogP contribution in [-0.4, -0.2) is 38.3 Å². The van der Waals surface area contributed by atoms with Gasteiger partial charge in [0.15, 0.2) is 6.10 Å². The van der Waals surface area contributed by atoms with E-state index in [1.807, 2.05) is 30.3 Å². The van der Waals surface area contributed by atoms with E-state index in [2.05, 4.69) is 0 Å². The number of halogens is 1. The van der Waals surface area contributed by atoms with Gasteiger partial charge < -0.3 is 9.64 Å². The Morgan fingerprint density at radius 2 is 1.81 bits per heavy atom. The van der Waals surface area contributed by atoms with Crippen LogP contribution in [0.15, 0.2) is 53.4 Å². The van der Waals surface area contributed by atoms with Crippen LogP contribution in [0.25, 0.3) is 0 Å². The first-order valence-electron chi connectivity index (χ1n) is 7.92. The zero-order chi connectivity index (χ0) is 20.2. The van der Waals surface area contributed by atoms with Crippen molar-refractivity contribution < 1.29 is 22.7 Å². The molecule has 1 unspecified atom stereocenters. The Labute approximate surface area is 162 Å². The number of carbonyl (C=O) groups excluding carboxylic acids is 2. The van der Waals surface area contributed by atoms with Gasteiger partial charge in [0.2, 0.25) is 10.0 Å². The Morgan fingerprint density at radius 1 is 1.19 bits per heavy atom. The molecule has 0 aromatic heterocycles. The third-order valence-electron chi connectivity index (χ3n) is 3.74. The van der Waals surface area contributed by atoms with Crippen LogP contribution in [0.5, 0.6) is 0 Å². The number of nitrogens with two attached hydrogens (primary N) is 1. The van der Waals surface area contributed by atoms with Crippen LogP contribution in [0.3, 0.4) is 0 Å². The Kier molecular flexibility index (Phi) is 6.59. The first-order valence-corrected chi connectivity index (χ1v) is 9.84. The van der Waals surface area contributed by atoms with E-state index in [0.717, 1.165) is 11.6 Å². The van der Waals surface area contributed by atoms with Crippen molar-refractivity contribution in [2.45, 2.75) is 24.5 Å². The van der Waals surface area contributed by atoms with E-state index in [-0.39, 0.29) is 10.6 Å².